The molecule has 0 aliphatic carbocycles. The average molecular weight is 312 g/mol. The van der Waals surface area contributed by atoms with Crippen LogP contribution in [0.4, 0.5) is 13.2 Å². The minimum atomic E-state index is -4.09. The minimum absolute atomic E-state index is 0.0156. The van der Waals surface area contributed by atoms with Crippen molar-refractivity contribution in [3.63, 3.8) is 0 Å². The van der Waals surface area contributed by atoms with Gasteiger partial charge in [0.15, 0.2) is 5.79 Å². The number of alkyl halides is 3. The molecule has 0 aliphatic heterocycles. The average Bonchev–Trinajstić information content (AvgIpc) is 2.43. The highest BCUT2D eigenvalue weighted by Gasteiger charge is 2.32. The molecule has 0 spiro atoms. The fraction of sp³-hybridized carbons (Fsp3) is 1.00. The molecule has 0 fully saturated rings. The largest absolute Gasteiger partial charge is 0.389 e. The Morgan fingerprint density at radius 3 is 1.95 bits per heavy atom. The van der Waals surface area contributed by atoms with Crippen molar-refractivity contribution < 1.29 is 22.6 Å². The van der Waals surface area contributed by atoms with Gasteiger partial charge in [0.1, 0.15) is 0 Å². The summed E-state index contributed by atoms with van der Waals surface area (Å²) < 4.78 is 47.9. The van der Waals surface area contributed by atoms with Crippen LogP contribution in [0.25, 0.3) is 0 Å². The lowest BCUT2D eigenvalue weighted by Gasteiger charge is -2.31. The number of hydrogen-bond donors (Lipinski definition) is 0. The highest BCUT2D eigenvalue weighted by atomic mass is 19.4. The Labute approximate surface area is 127 Å². The quantitative estimate of drug-likeness (QED) is 0.340. The summed E-state index contributed by atoms with van der Waals surface area (Å²) in [5, 5.41) is 0. The van der Waals surface area contributed by atoms with E-state index in [0.29, 0.717) is 6.42 Å². The van der Waals surface area contributed by atoms with E-state index in [1.54, 1.807) is 6.92 Å². The summed E-state index contributed by atoms with van der Waals surface area (Å²) in [5.74, 6) is -0.808. The molecule has 2 nitrogen and oxygen atoms in total. The van der Waals surface area contributed by atoms with Crippen molar-refractivity contribution in [1.82, 2.24) is 0 Å². The third-order valence-electron chi connectivity index (χ3n) is 4.08. The first-order valence-electron chi connectivity index (χ1n) is 7.93. The number of halogens is 3. The Morgan fingerprint density at radius 2 is 1.48 bits per heavy atom. The van der Waals surface area contributed by atoms with Crippen molar-refractivity contribution >= 4 is 0 Å². The Kier molecular flexibility index (Phi) is 10.3. The summed E-state index contributed by atoms with van der Waals surface area (Å²) in [6.45, 7) is 3.93. The Hall–Kier alpha value is -0.290. The van der Waals surface area contributed by atoms with Crippen LogP contribution in [0.15, 0.2) is 0 Å². The lowest BCUT2D eigenvalue weighted by molar-refractivity contribution is -0.206. The molecule has 0 saturated heterocycles. The van der Waals surface area contributed by atoms with Crippen molar-refractivity contribution in [2.45, 2.75) is 83.6 Å². The molecule has 0 aromatic heterocycles. The van der Waals surface area contributed by atoms with Crippen LogP contribution in [0.3, 0.4) is 0 Å². The van der Waals surface area contributed by atoms with Crippen LogP contribution in [-0.2, 0) is 9.47 Å². The standard InChI is InChI=1S/C16H31F3O2/c1-5-6-7-8-9-10-14(11-12-16(17,18)19)13-15(2,20-3)21-4/h14H,5-13H2,1-4H3. The first kappa shape index (κ1) is 20.7. The fourth-order valence-electron chi connectivity index (χ4n) is 2.53. The molecule has 128 valence electrons. The molecular formula is C16H31F3O2. The van der Waals surface area contributed by atoms with Crippen molar-refractivity contribution in [1.29, 1.82) is 0 Å². The summed E-state index contributed by atoms with van der Waals surface area (Å²) in [6, 6.07) is 0. The maximum atomic E-state index is 12.4. The second-order valence-electron chi connectivity index (χ2n) is 5.97. The smallest absolute Gasteiger partial charge is 0.353 e. The van der Waals surface area contributed by atoms with Gasteiger partial charge in [-0.25, -0.2) is 0 Å². The fourth-order valence-corrected chi connectivity index (χ4v) is 2.53. The third kappa shape index (κ3) is 11.0. The van der Waals surface area contributed by atoms with E-state index in [0.717, 1.165) is 25.7 Å². The van der Waals surface area contributed by atoms with Crippen molar-refractivity contribution in [2.75, 3.05) is 14.2 Å². The van der Waals surface area contributed by atoms with Gasteiger partial charge in [-0.15, -0.1) is 0 Å². The summed E-state index contributed by atoms with van der Waals surface area (Å²) in [4.78, 5) is 0. The van der Waals surface area contributed by atoms with E-state index in [9.17, 15) is 13.2 Å². The van der Waals surface area contributed by atoms with Gasteiger partial charge < -0.3 is 9.47 Å². The zero-order valence-corrected chi connectivity index (χ0v) is 13.9. The first-order chi connectivity index (χ1) is 9.76. The molecule has 0 aromatic rings. The summed E-state index contributed by atoms with van der Waals surface area (Å²) in [7, 11) is 3.07. The van der Waals surface area contributed by atoms with Gasteiger partial charge in [0.25, 0.3) is 0 Å². The maximum Gasteiger partial charge on any atom is 0.389 e. The van der Waals surface area contributed by atoms with Crippen LogP contribution in [0.2, 0.25) is 0 Å². The van der Waals surface area contributed by atoms with Crippen molar-refractivity contribution in [2.24, 2.45) is 5.92 Å². The van der Waals surface area contributed by atoms with E-state index >= 15 is 0 Å². The predicted octanol–water partition coefficient (Wildman–Crippen LogP) is 5.70. The number of ether oxygens (including phenoxy) is 2. The summed E-state index contributed by atoms with van der Waals surface area (Å²) >= 11 is 0. The topological polar surface area (TPSA) is 18.5 Å². The van der Waals surface area contributed by atoms with Crippen LogP contribution < -0.4 is 0 Å². The summed E-state index contributed by atoms with van der Waals surface area (Å²) in [5.41, 5.74) is 0. The van der Waals surface area contributed by atoms with E-state index in [-0.39, 0.29) is 12.3 Å². The molecule has 1 unspecified atom stereocenters. The number of unbranched alkanes of at least 4 members (excludes halogenated alkanes) is 4. The van der Waals surface area contributed by atoms with E-state index < -0.39 is 18.4 Å². The maximum absolute atomic E-state index is 12.4. The molecule has 0 heterocycles. The van der Waals surface area contributed by atoms with Crippen molar-refractivity contribution in [3.05, 3.63) is 0 Å². The Balaban J connectivity index is 4.33. The molecule has 21 heavy (non-hydrogen) atoms. The molecule has 0 radical (unpaired) electrons. The van der Waals surface area contributed by atoms with Crippen LogP contribution in [-0.4, -0.2) is 26.2 Å². The monoisotopic (exact) mass is 312 g/mol. The second kappa shape index (κ2) is 10.4. The molecule has 0 N–H and O–H groups in total. The van der Waals surface area contributed by atoms with E-state index in [2.05, 4.69) is 6.92 Å². The van der Waals surface area contributed by atoms with Crippen LogP contribution >= 0.6 is 0 Å². The van der Waals surface area contributed by atoms with Gasteiger partial charge >= 0.3 is 6.18 Å². The van der Waals surface area contributed by atoms with Crippen LogP contribution in [0, 0.1) is 5.92 Å². The lowest BCUT2D eigenvalue weighted by atomic mass is 9.89. The van der Waals surface area contributed by atoms with Gasteiger partial charge in [-0.3, -0.25) is 0 Å². The zero-order chi connectivity index (χ0) is 16.4. The van der Waals surface area contributed by atoms with Gasteiger partial charge in [-0.1, -0.05) is 45.4 Å². The SMILES string of the molecule is CCCCCCCC(CCC(F)(F)F)CC(C)(OC)OC. The third-order valence-corrected chi connectivity index (χ3v) is 4.08. The summed E-state index contributed by atoms with van der Waals surface area (Å²) in [6.07, 6.45) is 2.25. The Bertz CT molecular complexity index is 250. The van der Waals surface area contributed by atoms with Crippen LogP contribution in [0.1, 0.15) is 71.6 Å². The molecule has 0 saturated carbocycles. The molecule has 0 amide bonds. The van der Waals surface area contributed by atoms with Gasteiger partial charge in [-0.05, 0) is 19.3 Å². The minimum Gasteiger partial charge on any atom is -0.353 e. The highest BCUT2D eigenvalue weighted by Crippen LogP contribution is 2.32. The molecule has 0 aliphatic rings. The molecule has 1 atom stereocenters. The molecule has 0 aromatic carbocycles. The van der Waals surface area contributed by atoms with Crippen LogP contribution in [0.5, 0.6) is 0 Å². The van der Waals surface area contributed by atoms with E-state index in [1.807, 2.05) is 0 Å². The van der Waals surface area contributed by atoms with E-state index in [1.165, 1.54) is 27.1 Å². The second-order valence-corrected chi connectivity index (χ2v) is 5.97. The first-order valence-corrected chi connectivity index (χ1v) is 7.93. The molecule has 5 heteroatoms. The Morgan fingerprint density at radius 1 is 0.905 bits per heavy atom. The van der Waals surface area contributed by atoms with Gasteiger partial charge in [0.05, 0.1) is 0 Å². The normalized spacial score (nSPS) is 14.4. The van der Waals surface area contributed by atoms with Gasteiger partial charge in [-0.2, -0.15) is 13.2 Å². The molecule has 0 bridgehead atoms. The molecular weight excluding hydrogens is 281 g/mol. The van der Waals surface area contributed by atoms with E-state index in [4.69, 9.17) is 9.47 Å². The number of methoxy groups -OCH3 is 2. The number of rotatable bonds is 12. The number of hydrogen-bond acceptors (Lipinski definition) is 2. The van der Waals surface area contributed by atoms with Gasteiger partial charge in [0.2, 0.25) is 0 Å². The van der Waals surface area contributed by atoms with Crippen molar-refractivity contribution in [3.8, 4) is 0 Å². The van der Waals surface area contributed by atoms with Gasteiger partial charge in [0, 0.05) is 27.1 Å². The molecule has 0 rings (SSSR count). The predicted molar refractivity (Wildman–Crippen MR) is 79.2 cm³/mol. The highest BCUT2D eigenvalue weighted by molar-refractivity contribution is 4.72. The lowest BCUT2D eigenvalue weighted by Crippen LogP contribution is -2.32. The zero-order valence-electron chi connectivity index (χ0n) is 13.9.